The van der Waals surface area contributed by atoms with Gasteiger partial charge in [0.1, 0.15) is 6.67 Å². The van der Waals surface area contributed by atoms with Crippen molar-refractivity contribution in [2.75, 3.05) is 0 Å². The van der Waals surface area contributed by atoms with Gasteiger partial charge in [-0.3, -0.25) is 10.1 Å². The second-order valence-corrected chi connectivity index (χ2v) is 3.72. The summed E-state index contributed by atoms with van der Waals surface area (Å²) in [4.78, 5) is 10.3. The van der Waals surface area contributed by atoms with Crippen LogP contribution in [-0.4, -0.2) is 10.0 Å². The van der Waals surface area contributed by atoms with Crippen LogP contribution in [0.1, 0.15) is 5.56 Å². The van der Waals surface area contributed by atoms with Crippen molar-refractivity contribution in [3.8, 4) is 16.9 Å². The number of halogens is 1. The first kappa shape index (κ1) is 12.0. The molecule has 0 saturated carbocycles. The fraction of sp³-hybridized carbons (Fsp3) is 0.0769. The predicted molar refractivity (Wildman–Crippen MR) is 65.0 cm³/mol. The molecule has 0 fully saturated rings. The third kappa shape index (κ3) is 2.02. The molecular weight excluding hydrogens is 237 g/mol. The molecule has 4 nitrogen and oxygen atoms in total. The molecule has 5 heteroatoms. The Morgan fingerprint density at radius 2 is 1.83 bits per heavy atom. The Labute approximate surface area is 102 Å². The Kier molecular flexibility index (Phi) is 3.23. The summed E-state index contributed by atoms with van der Waals surface area (Å²) < 4.78 is 12.9. The van der Waals surface area contributed by atoms with Gasteiger partial charge in [-0.1, -0.05) is 36.4 Å². The maximum atomic E-state index is 12.9. The van der Waals surface area contributed by atoms with Crippen LogP contribution in [0.4, 0.5) is 10.1 Å². The lowest BCUT2D eigenvalue weighted by Gasteiger charge is -2.08. The van der Waals surface area contributed by atoms with Gasteiger partial charge in [0.2, 0.25) is 0 Å². The van der Waals surface area contributed by atoms with Gasteiger partial charge in [0.05, 0.1) is 10.5 Å². The Morgan fingerprint density at radius 1 is 1.17 bits per heavy atom. The summed E-state index contributed by atoms with van der Waals surface area (Å²) in [5, 5.41) is 20.6. The topological polar surface area (TPSA) is 63.4 Å². The number of nitro benzene ring substituents is 1. The van der Waals surface area contributed by atoms with Gasteiger partial charge in [0, 0.05) is 0 Å². The molecule has 0 aliphatic rings. The molecule has 0 bridgehead atoms. The molecule has 2 rings (SSSR count). The highest BCUT2D eigenvalue weighted by atomic mass is 19.1. The number of hydrogen-bond acceptors (Lipinski definition) is 3. The molecule has 0 radical (unpaired) electrons. The summed E-state index contributed by atoms with van der Waals surface area (Å²) >= 11 is 0. The molecule has 0 saturated heterocycles. The van der Waals surface area contributed by atoms with Gasteiger partial charge >= 0.3 is 5.69 Å². The molecule has 0 unspecified atom stereocenters. The van der Waals surface area contributed by atoms with Crippen LogP contribution in [0.25, 0.3) is 11.1 Å². The quantitative estimate of drug-likeness (QED) is 0.667. The van der Waals surface area contributed by atoms with E-state index in [2.05, 4.69) is 0 Å². The van der Waals surface area contributed by atoms with Crippen molar-refractivity contribution in [2.45, 2.75) is 6.67 Å². The molecule has 0 aliphatic carbocycles. The molecule has 0 heterocycles. The van der Waals surface area contributed by atoms with E-state index >= 15 is 0 Å². The van der Waals surface area contributed by atoms with E-state index in [4.69, 9.17) is 0 Å². The number of hydrogen-bond donors (Lipinski definition) is 1. The molecule has 2 aromatic carbocycles. The van der Waals surface area contributed by atoms with Gasteiger partial charge in [-0.25, -0.2) is 4.39 Å². The van der Waals surface area contributed by atoms with Crippen molar-refractivity contribution in [1.29, 1.82) is 0 Å². The Balaban J connectivity index is 2.78. The third-order valence-electron chi connectivity index (χ3n) is 2.63. The number of alkyl halides is 1. The zero-order chi connectivity index (χ0) is 13.1. The van der Waals surface area contributed by atoms with E-state index in [1.807, 2.05) is 0 Å². The van der Waals surface area contributed by atoms with E-state index in [9.17, 15) is 19.6 Å². The van der Waals surface area contributed by atoms with Crippen molar-refractivity contribution in [3.05, 3.63) is 58.1 Å². The maximum Gasteiger partial charge on any atom is 0.318 e. The van der Waals surface area contributed by atoms with Gasteiger partial charge in [-0.15, -0.1) is 0 Å². The van der Waals surface area contributed by atoms with Crippen molar-refractivity contribution < 1.29 is 14.4 Å². The second kappa shape index (κ2) is 4.83. The molecule has 0 aromatic heterocycles. The molecule has 2 aromatic rings. The van der Waals surface area contributed by atoms with E-state index in [1.54, 1.807) is 30.3 Å². The van der Waals surface area contributed by atoms with Gasteiger partial charge in [-0.2, -0.15) is 0 Å². The highest BCUT2D eigenvalue weighted by Gasteiger charge is 2.24. The molecule has 0 atom stereocenters. The Morgan fingerprint density at radius 3 is 2.39 bits per heavy atom. The summed E-state index contributed by atoms with van der Waals surface area (Å²) in [7, 11) is 0. The SMILES string of the molecule is O=[N+]([O-])c1c(O)ccc(CF)c1-c1ccccc1. The lowest BCUT2D eigenvalue weighted by atomic mass is 9.98. The number of nitro groups is 1. The van der Waals surface area contributed by atoms with Crippen molar-refractivity contribution in [2.24, 2.45) is 0 Å². The molecule has 1 N–H and O–H groups in total. The lowest BCUT2D eigenvalue weighted by molar-refractivity contribution is -0.385. The normalized spacial score (nSPS) is 10.3. The van der Waals surface area contributed by atoms with Crippen molar-refractivity contribution in [1.82, 2.24) is 0 Å². The summed E-state index contributed by atoms with van der Waals surface area (Å²) in [5.74, 6) is -0.462. The largest absolute Gasteiger partial charge is 0.502 e. The average molecular weight is 247 g/mol. The summed E-state index contributed by atoms with van der Waals surface area (Å²) in [6.45, 7) is -0.828. The maximum absolute atomic E-state index is 12.9. The highest BCUT2D eigenvalue weighted by molar-refractivity contribution is 5.80. The van der Waals surface area contributed by atoms with Gasteiger partial charge in [0.15, 0.2) is 5.75 Å². The molecule has 0 amide bonds. The fourth-order valence-corrected chi connectivity index (χ4v) is 1.85. The number of phenolic OH excluding ortho intramolecular Hbond substituents is 1. The summed E-state index contributed by atoms with van der Waals surface area (Å²) in [6, 6.07) is 10.9. The van der Waals surface area contributed by atoms with E-state index in [0.29, 0.717) is 5.56 Å². The van der Waals surface area contributed by atoms with Gasteiger partial charge in [-0.05, 0) is 17.2 Å². The van der Waals surface area contributed by atoms with Crippen molar-refractivity contribution >= 4 is 5.69 Å². The molecular formula is C13H10FNO3. The monoisotopic (exact) mass is 247 g/mol. The number of aromatic hydroxyl groups is 1. The minimum Gasteiger partial charge on any atom is -0.502 e. The molecule has 18 heavy (non-hydrogen) atoms. The average Bonchev–Trinajstić information content (AvgIpc) is 2.39. The first-order valence-electron chi connectivity index (χ1n) is 5.25. The second-order valence-electron chi connectivity index (χ2n) is 3.72. The van der Waals surface area contributed by atoms with E-state index in [0.717, 1.165) is 6.07 Å². The van der Waals surface area contributed by atoms with Crippen molar-refractivity contribution in [3.63, 3.8) is 0 Å². The molecule has 0 aliphatic heterocycles. The van der Waals surface area contributed by atoms with E-state index in [-0.39, 0.29) is 11.1 Å². The summed E-state index contributed by atoms with van der Waals surface area (Å²) in [5.41, 5.74) is 0.359. The van der Waals surface area contributed by atoms with Crippen LogP contribution in [0.3, 0.4) is 0 Å². The van der Waals surface area contributed by atoms with Crippen LogP contribution < -0.4 is 0 Å². The number of rotatable bonds is 3. The lowest BCUT2D eigenvalue weighted by Crippen LogP contribution is -1.96. The Bertz CT molecular complexity index is 584. The Hall–Kier alpha value is -2.43. The zero-order valence-corrected chi connectivity index (χ0v) is 9.34. The number of nitrogens with zero attached hydrogens (tertiary/aromatic N) is 1. The standard InChI is InChI=1S/C13H10FNO3/c14-8-10-6-7-11(16)13(15(17)18)12(10)9-4-2-1-3-5-9/h1-7,16H,8H2. The van der Waals surface area contributed by atoms with Crippen LogP contribution in [0, 0.1) is 10.1 Å². The van der Waals surface area contributed by atoms with Gasteiger partial charge < -0.3 is 5.11 Å². The van der Waals surface area contributed by atoms with Crippen LogP contribution in [-0.2, 0) is 6.67 Å². The molecule has 92 valence electrons. The molecule has 0 spiro atoms. The third-order valence-corrected chi connectivity index (χ3v) is 2.63. The predicted octanol–water partition coefficient (Wildman–Crippen LogP) is 3.44. The smallest absolute Gasteiger partial charge is 0.318 e. The highest BCUT2D eigenvalue weighted by Crippen LogP contribution is 2.39. The minimum atomic E-state index is -0.828. The fourth-order valence-electron chi connectivity index (χ4n) is 1.85. The van der Waals surface area contributed by atoms with E-state index in [1.165, 1.54) is 6.07 Å². The minimum absolute atomic E-state index is 0.128. The van der Waals surface area contributed by atoms with Crippen LogP contribution >= 0.6 is 0 Å². The zero-order valence-electron chi connectivity index (χ0n) is 9.34. The van der Waals surface area contributed by atoms with Crippen LogP contribution in [0.5, 0.6) is 5.75 Å². The first-order chi connectivity index (χ1) is 8.65. The van der Waals surface area contributed by atoms with Crippen LogP contribution in [0.15, 0.2) is 42.5 Å². The number of benzene rings is 2. The number of phenols is 1. The summed E-state index contributed by atoms with van der Waals surface area (Å²) in [6.07, 6.45) is 0. The van der Waals surface area contributed by atoms with Crippen LogP contribution in [0.2, 0.25) is 0 Å². The van der Waals surface area contributed by atoms with Gasteiger partial charge in [0.25, 0.3) is 0 Å². The first-order valence-corrected chi connectivity index (χ1v) is 5.25. The van der Waals surface area contributed by atoms with E-state index < -0.39 is 23.0 Å².